The van der Waals surface area contributed by atoms with Crippen molar-refractivity contribution in [2.75, 3.05) is 20.1 Å². The van der Waals surface area contributed by atoms with E-state index in [1.165, 1.54) is 0 Å². The topological polar surface area (TPSA) is 86.8 Å². The maximum atomic E-state index is 13.3. The molecule has 0 radical (unpaired) electrons. The minimum absolute atomic E-state index is 0.00160. The Hall–Kier alpha value is -2.29. The van der Waals surface area contributed by atoms with Gasteiger partial charge in [-0.1, -0.05) is 18.2 Å². The van der Waals surface area contributed by atoms with Gasteiger partial charge in [0.15, 0.2) is 0 Å². The predicted octanol–water partition coefficient (Wildman–Crippen LogP) is 0.0770. The van der Waals surface area contributed by atoms with Crippen LogP contribution in [0.15, 0.2) is 36.7 Å². The lowest BCUT2D eigenvalue weighted by Gasteiger charge is -2.29. The number of aromatic nitrogens is 1. The van der Waals surface area contributed by atoms with Gasteiger partial charge in [0.05, 0.1) is 24.5 Å². The van der Waals surface area contributed by atoms with Crippen LogP contribution in [0.2, 0.25) is 0 Å². The molecule has 1 spiro atoms. The van der Waals surface area contributed by atoms with Crippen LogP contribution in [0.5, 0.6) is 0 Å². The molecule has 2 amide bonds. The van der Waals surface area contributed by atoms with E-state index in [-0.39, 0.29) is 24.0 Å². The van der Waals surface area contributed by atoms with Gasteiger partial charge in [0.25, 0.3) is 0 Å². The van der Waals surface area contributed by atoms with E-state index in [1.54, 1.807) is 22.2 Å². The Labute approximate surface area is 170 Å². The van der Waals surface area contributed by atoms with Gasteiger partial charge in [-0.3, -0.25) is 25.4 Å². The lowest BCUT2D eigenvalue weighted by Crippen LogP contribution is -2.48. The Morgan fingerprint density at radius 1 is 1.45 bits per heavy atom. The standard InChI is InChI=1S/C21H27N5O3/c1-13-8-15(24-23-13)11-25(2)19(27)17-16-5-6-21(29-16)12-26(20(28)18(17)21)10-14-4-3-7-22-9-14/h3-7,9,13,15-18,23-24H,8,10-12H2,1-2H3/t13?,15?,16-,17?,18?,21-/m1/s1. The molecule has 29 heavy (non-hydrogen) atoms. The van der Waals surface area contributed by atoms with Crippen LogP contribution in [0.25, 0.3) is 0 Å². The SMILES string of the molecule is CC1CC(CN(C)C(=O)C2C3C(=O)N(Cc4cccnc4)C[C@]34C=C[C@H]2O4)NN1. The molecule has 2 bridgehead atoms. The Balaban J connectivity index is 1.32. The van der Waals surface area contributed by atoms with E-state index in [1.807, 2.05) is 31.3 Å². The second kappa shape index (κ2) is 6.90. The molecule has 5 heterocycles. The van der Waals surface area contributed by atoms with Crippen LogP contribution in [-0.4, -0.2) is 70.5 Å². The summed E-state index contributed by atoms with van der Waals surface area (Å²) in [4.78, 5) is 34.3. The number of amides is 2. The van der Waals surface area contributed by atoms with Crippen molar-refractivity contribution in [3.63, 3.8) is 0 Å². The fourth-order valence-electron chi connectivity index (χ4n) is 5.31. The molecule has 1 aromatic heterocycles. The maximum Gasteiger partial charge on any atom is 0.230 e. The summed E-state index contributed by atoms with van der Waals surface area (Å²) in [5.74, 6) is -0.910. The molecule has 4 aliphatic heterocycles. The number of likely N-dealkylation sites (tertiary alicyclic amines) is 1. The summed E-state index contributed by atoms with van der Waals surface area (Å²) in [7, 11) is 1.82. The maximum absolute atomic E-state index is 13.3. The molecule has 5 rings (SSSR count). The van der Waals surface area contributed by atoms with Gasteiger partial charge in [0.1, 0.15) is 5.60 Å². The van der Waals surface area contributed by atoms with E-state index in [0.717, 1.165) is 12.0 Å². The fourth-order valence-corrected chi connectivity index (χ4v) is 5.31. The zero-order valence-electron chi connectivity index (χ0n) is 16.7. The molecule has 0 saturated carbocycles. The Bertz CT molecular complexity index is 846. The molecule has 6 atom stereocenters. The molecule has 8 heteroatoms. The zero-order valence-corrected chi connectivity index (χ0v) is 16.7. The van der Waals surface area contributed by atoms with Crippen LogP contribution in [0.4, 0.5) is 0 Å². The first-order chi connectivity index (χ1) is 14.0. The van der Waals surface area contributed by atoms with Crippen LogP contribution < -0.4 is 10.9 Å². The number of carbonyl (C=O) groups is 2. The molecular formula is C21H27N5O3. The third kappa shape index (κ3) is 3.06. The van der Waals surface area contributed by atoms with Crippen molar-refractivity contribution < 1.29 is 14.3 Å². The van der Waals surface area contributed by atoms with E-state index in [9.17, 15) is 9.59 Å². The largest absolute Gasteiger partial charge is 0.360 e. The lowest BCUT2D eigenvalue weighted by atomic mass is 9.76. The highest BCUT2D eigenvalue weighted by Gasteiger charge is 2.67. The highest BCUT2D eigenvalue weighted by molar-refractivity contribution is 5.93. The Morgan fingerprint density at radius 2 is 2.31 bits per heavy atom. The minimum Gasteiger partial charge on any atom is -0.360 e. The average molecular weight is 397 g/mol. The van der Waals surface area contributed by atoms with Crippen LogP contribution in [-0.2, 0) is 20.9 Å². The summed E-state index contributed by atoms with van der Waals surface area (Å²) in [6.07, 6.45) is 8.10. The number of hydrogen-bond donors (Lipinski definition) is 2. The van der Waals surface area contributed by atoms with Crippen LogP contribution >= 0.6 is 0 Å². The van der Waals surface area contributed by atoms with E-state index in [4.69, 9.17) is 4.74 Å². The number of fused-ring (bicyclic) bond motifs is 1. The average Bonchev–Trinajstić information content (AvgIpc) is 3.44. The molecule has 4 aliphatic rings. The first kappa shape index (κ1) is 18.7. The molecule has 0 aromatic carbocycles. The second-order valence-corrected chi connectivity index (χ2v) is 8.80. The van der Waals surface area contributed by atoms with Gasteiger partial charge in [0.2, 0.25) is 11.8 Å². The molecule has 154 valence electrons. The van der Waals surface area contributed by atoms with Crippen molar-refractivity contribution in [3.05, 3.63) is 42.2 Å². The second-order valence-electron chi connectivity index (χ2n) is 8.80. The molecule has 4 unspecified atom stereocenters. The number of likely N-dealkylation sites (N-methyl/N-ethyl adjacent to an activating group) is 1. The number of hydrogen-bond acceptors (Lipinski definition) is 6. The summed E-state index contributed by atoms with van der Waals surface area (Å²) in [5.41, 5.74) is 6.73. The van der Waals surface area contributed by atoms with E-state index >= 15 is 0 Å². The number of ether oxygens (including phenoxy) is 1. The molecule has 0 aliphatic carbocycles. The van der Waals surface area contributed by atoms with E-state index in [0.29, 0.717) is 25.7 Å². The van der Waals surface area contributed by atoms with Gasteiger partial charge in [-0.05, 0) is 25.0 Å². The highest BCUT2D eigenvalue weighted by Crippen LogP contribution is 2.52. The first-order valence-electron chi connectivity index (χ1n) is 10.3. The molecule has 2 N–H and O–H groups in total. The van der Waals surface area contributed by atoms with Crippen molar-refractivity contribution >= 4 is 11.8 Å². The molecule has 8 nitrogen and oxygen atoms in total. The third-order valence-electron chi connectivity index (χ3n) is 6.60. The smallest absolute Gasteiger partial charge is 0.230 e. The van der Waals surface area contributed by atoms with Gasteiger partial charge in [-0.25, -0.2) is 0 Å². The number of rotatable bonds is 5. The van der Waals surface area contributed by atoms with Crippen LogP contribution in [0, 0.1) is 11.8 Å². The highest BCUT2D eigenvalue weighted by atomic mass is 16.5. The molecule has 3 fully saturated rings. The van der Waals surface area contributed by atoms with Gasteiger partial charge in [0, 0.05) is 44.6 Å². The van der Waals surface area contributed by atoms with Crippen molar-refractivity contribution in [2.24, 2.45) is 11.8 Å². The van der Waals surface area contributed by atoms with Gasteiger partial charge >= 0.3 is 0 Å². The Morgan fingerprint density at radius 3 is 3.03 bits per heavy atom. The van der Waals surface area contributed by atoms with E-state index in [2.05, 4.69) is 22.8 Å². The van der Waals surface area contributed by atoms with Crippen molar-refractivity contribution in [1.29, 1.82) is 0 Å². The number of pyridine rings is 1. The summed E-state index contributed by atoms with van der Waals surface area (Å²) >= 11 is 0. The van der Waals surface area contributed by atoms with Gasteiger partial charge < -0.3 is 14.5 Å². The molecule has 3 saturated heterocycles. The van der Waals surface area contributed by atoms with Gasteiger partial charge in [-0.15, -0.1) is 0 Å². The first-order valence-corrected chi connectivity index (χ1v) is 10.3. The van der Waals surface area contributed by atoms with Gasteiger partial charge in [-0.2, -0.15) is 0 Å². The van der Waals surface area contributed by atoms with Crippen LogP contribution in [0.1, 0.15) is 18.9 Å². The Kier molecular flexibility index (Phi) is 4.45. The number of nitrogens with one attached hydrogen (secondary N) is 2. The lowest BCUT2D eigenvalue weighted by molar-refractivity contribution is -0.142. The monoisotopic (exact) mass is 397 g/mol. The minimum atomic E-state index is -0.674. The number of nitrogens with zero attached hydrogens (tertiary/aromatic N) is 3. The predicted molar refractivity (Wildman–Crippen MR) is 105 cm³/mol. The summed E-state index contributed by atoms with van der Waals surface area (Å²) in [6, 6.07) is 4.42. The summed E-state index contributed by atoms with van der Waals surface area (Å²) < 4.78 is 6.23. The van der Waals surface area contributed by atoms with Crippen molar-refractivity contribution in [1.82, 2.24) is 25.6 Å². The number of hydrazine groups is 1. The summed E-state index contributed by atoms with van der Waals surface area (Å²) in [5, 5.41) is 0. The normalized spacial score (nSPS) is 37.4. The van der Waals surface area contributed by atoms with E-state index < -0.39 is 17.4 Å². The van der Waals surface area contributed by atoms with Crippen LogP contribution in [0.3, 0.4) is 0 Å². The summed E-state index contributed by atoms with van der Waals surface area (Å²) in [6.45, 7) is 3.69. The number of carbonyl (C=O) groups excluding carboxylic acids is 2. The molecular weight excluding hydrogens is 370 g/mol. The zero-order chi connectivity index (χ0) is 20.2. The third-order valence-corrected chi connectivity index (χ3v) is 6.60. The van der Waals surface area contributed by atoms with Crippen molar-refractivity contribution in [3.8, 4) is 0 Å². The fraction of sp³-hybridized carbons (Fsp3) is 0.571. The molecule has 1 aromatic rings. The van der Waals surface area contributed by atoms with Crippen molar-refractivity contribution in [2.45, 2.75) is 43.7 Å². The quantitative estimate of drug-likeness (QED) is 0.685.